The van der Waals surface area contributed by atoms with Crippen LogP contribution in [0.4, 0.5) is 5.82 Å². The minimum absolute atomic E-state index is 0.000196. The number of hydrogen-bond acceptors (Lipinski definition) is 5. The second-order valence-corrected chi connectivity index (χ2v) is 7.56. The van der Waals surface area contributed by atoms with Gasteiger partial charge in [0.05, 0.1) is 17.2 Å². The SMILES string of the molecule is CNc1ncc(S(=O)(=O)NC2CCOC2C2CC2)cc1Cl. The van der Waals surface area contributed by atoms with Crippen LogP contribution in [-0.2, 0) is 14.8 Å². The molecule has 0 amide bonds. The minimum Gasteiger partial charge on any atom is -0.376 e. The van der Waals surface area contributed by atoms with Gasteiger partial charge >= 0.3 is 0 Å². The summed E-state index contributed by atoms with van der Waals surface area (Å²) in [6.07, 6.45) is 4.25. The largest absolute Gasteiger partial charge is 0.376 e. The Bertz CT molecular complexity index is 634. The lowest BCUT2D eigenvalue weighted by atomic mass is 10.1. The van der Waals surface area contributed by atoms with Crippen molar-refractivity contribution in [3.63, 3.8) is 0 Å². The van der Waals surface area contributed by atoms with Gasteiger partial charge in [0, 0.05) is 19.9 Å². The Kier molecular flexibility index (Phi) is 4.09. The molecular formula is C13H18ClN3O3S. The molecule has 116 valence electrons. The molecule has 2 atom stereocenters. The lowest BCUT2D eigenvalue weighted by Crippen LogP contribution is -2.41. The van der Waals surface area contributed by atoms with Crippen LogP contribution in [0, 0.1) is 5.92 Å². The third-order valence-corrected chi connectivity index (χ3v) is 5.64. The Balaban J connectivity index is 1.78. The van der Waals surface area contributed by atoms with Crippen molar-refractivity contribution in [3.05, 3.63) is 17.3 Å². The lowest BCUT2D eigenvalue weighted by molar-refractivity contribution is 0.0848. The molecule has 2 aliphatic rings. The summed E-state index contributed by atoms with van der Waals surface area (Å²) < 4.78 is 33.3. The number of nitrogens with one attached hydrogen (secondary N) is 2. The maximum atomic E-state index is 12.4. The Labute approximate surface area is 129 Å². The number of pyridine rings is 1. The number of rotatable bonds is 5. The molecule has 6 nitrogen and oxygen atoms in total. The van der Waals surface area contributed by atoms with Gasteiger partial charge in [-0.3, -0.25) is 0 Å². The first-order chi connectivity index (χ1) is 10.0. The van der Waals surface area contributed by atoms with E-state index in [0.29, 0.717) is 24.8 Å². The van der Waals surface area contributed by atoms with Crippen molar-refractivity contribution in [2.24, 2.45) is 5.92 Å². The van der Waals surface area contributed by atoms with Crippen LogP contribution in [0.3, 0.4) is 0 Å². The molecule has 0 bridgehead atoms. The lowest BCUT2D eigenvalue weighted by Gasteiger charge is -2.19. The van der Waals surface area contributed by atoms with E-state index in [-0.39, 0.29) is 22.1 Å². The second kappa shape index (κ2) is 5.72. The van der Waals surface area contributed by atoms with E-state index in [1.165, 1.54) is 12.3 Å². The van der Waals surface area contributed by atoms with Crippen molar-refractivity contribution in [3.8, 4) is 0 Å². The number of nitrogens with zero attached hydrogens (tertiary/aromatic N) is 1. The van der Waals surface area contributed by atoms with Crippen LogP contribution in [0.25, 0.3) is 0 Å². The fourth-order valence-corrected chi connectivity index (χ4v) is 4.22. The van der Waals surface area contributed by atoms with Gasteiger partial charge in [0.1, 0.15) is 10.7 Å². The highest BCUT2D eigenvalue weighted by Crippen LogP contribution is 2.39. The molecule has 21 heavy (non-hydrogen) atoms. The summed E-state index contributed by atoms with van der Waals surface area (Å²) in [7, 11) is -1.96. The van der Waals surface area contributed by atoms with E-state index >= 15 is 0 Å². The number of aromatic nitrogens is 1. The molecular weight excluding hydrogens is 314 g/mol. The summed E-state index contributed by atoms with van der Waals surface area (Å²) in [5, 5.41) is 3.08. The van der Waals surface area contributed by atoms with Crippen molar-refractivity contribution in [2.75, 3.05) is 19.0 Å². The van der Waals surface area contributed by atoms with Crippen molar-refractivity contribution in [2.45, 2.75) is 36.3 Å². The smallest absolute Gasteiger partial charge is 0.242 e. The molecule has 0 spiro atoms. The van der Waals surface area contributed by atoms with Crippen LogP contribution in [0.2, 0.25) is 5.02 Å². The zero-order valence-corrected chi connectivity index (χ0v) is 13.2. The Hall–Kier alpha value is -0.890. The van der Waals surface area contributed by atoms with Crippen molar-refractivity contribution >= 4 is 27.4 Å². The van der Waals surface area contributed by atoms with Crippen molar-refractivity contribution in [1.29, 1.82) is 0 Å². The molecule has 0 radical (unpaired) electrons. The zero-order valence-electron chi connectivity index (χ0n) is 11.7. The minimum atomic E-state index is -3.63. The molecule has 1 aromatic heterocycles. The number of hydrogen-bond donors (Lipinski definition) is 2. The zero-order chi connectivity index (χ0) is 15.0. The Morgan fingerprint density at radius 1 is 1.38 bits per heavy atom. The molecule has 1 saturated heterocycles. The van der Waals surface area contributed by atoms with Crippen LogP contribution in [-0.4, -0.2) is 39.2 Å². The van der Waals surface area contributed by atoms with Crippen molar-refractivity contribution < 1.29 is 13.2 Å². The van der Waals surface area contributed by atoms with E-state index in [9.17, 15) is 8.42 Å². The number of ether oxygens (including phenoxy) is 1. The molecule has 1 aliphatic carbocycles. The van der Waals surface area contributed by atoms with E-state index in [1.54, 1.807) is 7.05 Å². The molecule has 2 heterocycles. The summed E-state index contributed by atoms with van der Waals surface area (Å²) in [6, 6.07) is 1.25. The fourth-order valence-electron chi connectivity index (χ4n) is 2.65. The van der Waals surface area contributed by atoms with Crippen molar-refractivity contribution in [1.82, 2.24) is 9.71 Å². The average molecular weight is 332 g/mol. The van der Waals surface area contributed by atoms with E-state index in [4.69, 9.17) is 16.3 Å². The molecule has 1 saturated carbocycles. The summed E-state index contributed by atoms with van der Waals surface area (Å²) >= 11 is 6.00. The van der Waals surface area contributed by atoms with E-state index in [2.05, 4.69) is 15.0 Å². The molecule has 3 rings (SSSR count). The summed E-state index contributed by atoms with van der Waals surface area (Å²) in [5.41, 5.74) is 0. The number of sulfonamides is 1. The maximum absolute atomic E-state index is 12.4. The normalized spacial score (nSPS) is 26.0. The molecule has 0 aromatic carbocycles. The van der Waals surface area contributed by atoms with Gasteiger partial charge in [0.2, 0.25) is 10.0 Å². The highest BCUT2D eigenvalue weighted by molar-refractivity contribution is 7.89. The van der Waals surface area contributed by atoms with E-state index < -0.39 is 10.0 Å². The Morgan fingerprint density at radius 3 is 2.76 bits per heavy atom. The third-order valence-electron chi connectivity index (χ3n) is 3.89. The van der Waals surface area contributed by atoms with Crippen LogP contribution in [0.1, 0.15) is 19.3 Å². The standard InChI is InChI=1S/C13H18ClN3O3S/c1-15-13-10(14)6-9(7-16-13)21(18,19)17-11-4-5-20-12(11)8-2-3-8/h6-8,11-12,17H,2-5H2,1H3,(H,15,16). The van der Waals surface area contributed by atoms with Gasteiger partial charge in [-0.15, -0.1) is 0 Å². The van der Waals surface area contributed by atoms with Crippen LogP contribution >= 0.6 is 11.6 Å². The van der Waals surface area contributed by atoms with Gasteiger partial charge in [0.25, 0.3) is 0 Å². The van der Waals surface area contributed by atoms with Crippen LogP contribution in [0.15, 0.2) is 17.2 Å². The Morgan fingerprint density at radius 2 is 2.14 bits per heavy atom. The molecule has 2 unspecified atom stereocenters. The highest BCUT2D eigenvalue weighted by Gasteiger charge is 2.42. The molecule has 1 aromatic rings. The molecule has 2 N–H and O–H groups in total. The van der Waals surface area contributed by atoms with Crippen LogP contribution < -0.4 is 10.0 Å². The predicted octanol–water partition coefficient (Wildman–Crippen LogP) is 1.62. The third kappa shape index (κ3) is 3.15. The first-order valence-corrected chi connectivity index (χ1v) is 8.84. The first-order valence-electron chi connectivity index (χ1n) is 6.98. The number of anilines is 1. The summed E-state index contributed by atoms with van der Waals surface area (Å²) in [4.78, 5) is 4.09. The highest BCUT2D eigenvalue weighted by atomic mass is 35.5. The molecule has 2 fully saturated rings. The van der Waals surface area contributed by atoms with Gasteiger partial charge in [-0.2, -0.15) is 0 Å². The van der Waals surface area contributed by atoms with Gasteiger partial charge in [-0.05, 0) is 31.2 Å². The molecule has 8 heteroatoms. The quantitative estimate of drug-likeness (QED) is 0.857. The van der Waals surface area contributed by atoms with E-state index in [1.807, 2.05) is 0 Å². The monoisotopic (exact) mass is 331 g/mol. The van der Waals surface area contributed by atoms with Gasteiger partial charge in [-0.25, -0.2) is 18.1 Å². The van der Waals surface area contributed by atoms with Crippen LogP contribution in [0.5, 0.6) is 0 Å². The maximum Gasteiger partial charge on any atom is 0.242 e. The fraction of sp³-hybridized carbons (Fsp3) is 0.615. The first kappa shape index (κ1) is 15.0. The van der Waals surface area contributed by atoms with Gasteiger partial charge in [0.15, 0.2) is 0 Å². The second-order valence-electron chi connectivity index (χ2n) is 5.44. The van der Waals surface area contributed by atoms with Gasteiger partial charge in [-0.1, -0.05) is 11.6 Å². The van der Waals surface area contributed by atoms with Gasteiger partial charge < -0.3 is 10.1 Å². The predicted molar refractivity (Wildman–Crippen MR) is 80.0 cm³/mol. The molecule has 1 aliphatic heterocycles. The van der Waals surface area contributed by atoms with E-state index in [0.717, 1.165) is 12.8 Å². The summed E-state index contributed by atoms with van der Waals surface area (Å²) in [6.45, 7) is 0.603. The number of halogens is 1. The average Bonchev–Trinajstić information content (AvgIpc) is 3.19. The topological polar surface area (TPSA) is 80.3 Å². The summed E-state index contributed by atoms with van der Waals surface area (Å²) in [5.74, 6) is 0.948.